The Balaban J connectivity index is 1.63. The highest BCUT2D eigenvalue weighted by Gasteiger charge is 2.47. The van der Waals surface area contributed by atoms with Gasteiger partial charge in [-0.15, -0.1) is 0 Å². The molecule has 4 nitrogen and oxygen atoms in total. The fourth-order valence-electron chi connectivity index (χ4n) is 3.76. The summed E-state index contributed by atoms with van der Waals surface area (Å²) in [5.74, 6) is 3.46. The number of rotatable bonds is 2. The van der Waals surface area contributed by atoms with Crippen molar-refractivity contribution in [1.82, 2.24) is 20.5 Å². The quantitative estimate of drug-likeness (QED) is 0.819. The average Bonchev–Trinajstić information content (AvgIpc) is 2.83. The van der Waals surface area contributed by atoms with Gasteiger partial charge >= 0.3 is 0 Å². The van der Waals surface area contributed by atoms with Gasteiger partial charge in [0.2, 0.25) is 0 Å². The van der Waals surface area contributed by atoms with Gasteiger partial charge in [0.05, 0.1) is 0 Å². The van der Waals surface area contributed by atoms with Crippen LogP contribution in [-0.4, -0.2) is 28.3 Å². The Hall–Kier alpha value is -0.900. The fourth-order valence-corrected chi connectivity index (χ4v) is 3.76. The standard InChI is InChI=1S/C13H20N4/c1-2-6-13(5-1)8-14-7-10(13)12-15-11(16-17-12)9-3-4-9/h9-10,14H,1-8H2,(H,15,16,17). The molecule has 17 heavy (non-hydrogen) atoms. The normalized spacial score (nSPS) is 31.4. The van der Waals surface area contributed by atoms with Gasteiger partial charge in [0.15, 0.2) is 5.82 Å². The van der Waals surface area contributed by atoms with Crippen molar-refractivity contribution in [3.8, 4) is 0 Å². The maximum atomic E-state index is 4.77. The lowest BCUT2D eigenvalue weighted by atomic mass is 9.76. The first-order valence-electron chi connectivity index (χ1n) is 7.00. The Kier molecular flexibility index (Phi) is 2.10. The topological polar surface area (TPSA) is 53.6 Å². The van der Waals surface area contributed by atoms with E-state index in [1.165, 1.54) is 45.1 Å². The Morgan fingerprint density at radius 2 is 2.00 bits per heavy atom. The van der Waals surface area contributed by atoms with Gasteiger partial charge < -0.3 is 5.32 Å². The summed E-state index contributed by atoms with van der Waals surface area (Å²) in [4.78, 5) is 4.77. The second-order valence-corrected chi connectivity index (χ2v) is 6.11. The molecule has 1 atom stereocenters. The molecule has 0 aromatic carbocycles. The van der Waals surface area contributed by atoms with Crippen molar-refractivity contribution in [2.45, 2.75) is 50.4 Å². The third kappa shape index (κ3) is 1.53. The van der Waals surface area contributed by atoms with E-state index in [0.717, 1.165) is 18.2 Å². The van der Waals surface area contributed by atoms with Gasteiger partial charge in [0, 0.05) is 24.9 Å². The number of aromatic amines is 1. The molecule has 1 aliphatic heterocycles. The molecule has 1 spiro atoms. The number of aromatic nitrogens is 3. The van der Waals surface area contributed by atoms with Crippen molar-refractivity contribution in [2.24, 2.45) is 5.41 Å². The zero-order chi connectivity index (χ0) is 11.3. The van der Waals surface area contributed by atoms with Crippen LogP contribution in [0.2, 0.25) is 0 Å². The summed E-state index contributed by atoms with van der Waals surface area (Å²) in [6.07, 6.45) is 8.08. The van der Waals surface area contributed by atoms with Crippen molar-refractivity contribution in [1.29, 1.82) is 0 Å². The molecule has 1 saturated heterocycles. The Labute approximate surface area is 102 Å². The van der Waals surface area contributed by atoms with Gasteiger partial charge in [-0.2, -0.15) is 5.10 Å². The molecule has 3 aliphatic rings. The molecule has 1 unspecified atom stereocenters. The number of hydrogen-bond acceptors (Lipinski definition) is 3. The molecule has 0 bridgehead atoms. The van der Waals surface area contributed by atoms with Crippen LogP contribution in [0.5, 0.6) is 0 Å². The average molecular weight is 232 g/mol. The van der Waals surface area contributed by atoms with Gasteiger partial charge in [0.1, 0.15) is 5.82 Å². The number of hydrogen-bond donors (Lipinski definition) is 2. The summed E-state index contributed by atoms with van der Waals surface area (Å²) >= 11 is 0. The molecule has 0 amide bonds. The number of nitrogens with zero attached hydrogens (tertiary/aromatic N) is 2. The van der Waals surface area contributed by atoms with Crippen LogP contribution >= 0.6 is 0 Å². The molecule has 1 aromatic heterocycles. The highest BCUT2D eigenvalue weighted by Crippen LogP contribution is 2.50. The van der Waals surface area contributed by atoms with Gasteiger partial charge in [-0.25, -0.2) is 4.98 Å². The van der Waals surface area contributed by atoms with E-state index in [-0.39, 0.29) is 0 Å². The fraction of sp³-hybridized carbons (Fsp3) is 0.846. The molecule has 2 N–H and O–H groups in total. The van der Waals surface area contributed by atoms with E-state index in [1.807, 2.05) is 0 Å². The van der Waals surface area contributed by atoms with Crippen molar-refractivity contribution in [3.05, 3.63) is 11.6 Å². The predicted octanol–water partition coefficient (Wildman–Crippen LogP) is 1.93. The van der Waals surface area contributed by atoms with E-state index in [0.29, 0.717) is 17.3 Å². The number of H-pyrrole nitrogens is 1. The zero-order valence-corrected chi connectivity index (χ0v) is 10.2. The van der Waals surface area contributed by atoms with E-state index in [1.54, 1.807) is 0 Å². The minimum Gasteiger partial charge on any atom is -0.315 e. The van der Waals surface area contributed by atoms with E-state index in [2.05, 4.69) is 15.5 Å². The first kappa shape index (κ1) is 10.1. The molecule has 92 valence electrons. The predicted molar refractivity (Wildman–Crippen MR) is 64.9 cm³/mol. The summed E-state index contributed by atoms with van der Waals surface area (Å²) in [7, 11) is 0. The van der Waals surface area contributed by atoms with Crippen molar-refractivity contribution in [2.75, 3.05) is 13.1 Å². The Bertz CT molecular complexity index is 409. The molecule has 4 heteroatoms. The van der Waals surface area contributed by atoms with Crippen LogP contribution in [0.4, 0.5) is 0 Å². The Morgan fingerprint density at radius 3 is 2.76 bits per heavy atom. The van der Waals surface area contributed by atoms with Gasteiger partial charge in [0.25, 0.3) is 0 Å². The summed E-state index contributed by atoms with van der Waals surface area (Å²) in [6, 6.07) is 0. The van der Waals surface area contributed by atoms with Crippen LogP contribution in [0.1, 0.15) is 62.0 Å². The summed E-state index contributed by atoms with van der Waals surface area (Å²) in [5.41, 5.74) is 0.486. The van der Waals surface area contributed by atoms with Crippen LogP contribution in [0.3, 0.4) is 0 Å². The highest BCUT2D eigenvalue weighted by molar-refractivity contribution is 5.14. The lowest BCUT2D eigenvalue weighted by molar-refractivity contribution is 0.287. The maximum Gasteiger partial charge on any atom is 0.153 e. The lowest BCUT2D eigenvalue weighted by Crippen LogP contribution is -2.25. The second-order valence-electron chi connectivity index (χ2n) is 6.11. The largest absolute Gasteiger partial charge is 0.315 e. The van der Waals surface area contributed by atoms with Gasteiger partial charge in [-0.3, -0.25) is 5.10 Å². The SMILES string of the molecule is C1CCC2(C1)CNCC2c1nc(C2CC2)n[nH]1. The minimum absolute atomic E-state index is 0.486. The van der Waals surface area contributed by atoms with Crippen molar-refractivity contribution >= 4 is 0 Å². The minimum atomic E-state index is 0.486. The van der Waals surface area contributed by atoms with E-state index < -0.39 is 0 Å². The molecule has 4 rings (SSSR count). The molecule has 2 saturated carbocycles. The van der Waals surface area contributed by atoms with E-state index >= 15 is 0 Å². The Morgan fingerprint density at radius 1 is 1.18 bits per heavy atom. The van der Waals surface area contributed by atoms with E-state index in [4.69, 9.17) is 4.98 Å². The monoisotopic (exact) mass is 232 g/mol. The molecular formula is C13H20N4. The maximum absolute atomic E-state index is 4.77. The van der Waals surface area contributed by atoms with Crippen molar-refractivity contribution < 1.29 is 0 Å². The first-order valence-corrected chi connectivity index (χ1v) is 7.00. The molecule has 3 fully saturated rings. The lowest BCUT2D eigenvalue weighted by Gasteiger charge is -2.28. The molecule has 2 aliphatic carbocycles. The zero-order valence-electron chi connectivity index (χ0n) is 10.2. The van der Waals surface area contributed by atoms with E-state index in [9.17, 15) is 0 Å². The third-order valence-electron chi connectivity index (χ3n) is 4.96. The highest BCUT2D eigenvalue weighted by atomic mass is 15.2. The van der Waals surface area contributed by atoms with Crippen LogP contribution in [0.15, 0.2) is 0 Å². The molecule has 2 heterocycles. The third-order valence-corrected chi connectivity index (χ3v) is 4.96. The number of nitrogens with one attached hydrogen (secondary N) is 2. The molecular weight excluding hydrogens is 212 g/mol. The van der Waals surface area contributed by atoms with Gasteiger partial charge in [-0.1, -0.05) is 12.8 Å². The summed E-state index contributed by atoms with van der Waals surface area (Å²) < 4.78 is 0. The van der Waals surface area contributed by atoms with Gasteiger partial charge in [-0.05, 0) is 31.1 Å². The van der Waals surface area contributed by atoms with Crippen LogP contribution < -0.4 is 5.32 Å². The van der Waals surface area contributed by atoms with Crippen LogP contribution in [0.25, 0.3) is 0 Å². The first-order chi connectivity index (χ1) is 8.37. The van der Waals surface area contributed by atoms with Crippen LogP contribution in [0, 0.1) is 5.41 Å². The van der Waals surface area contributed by atoms with Crippen molar-refractivity contribution in [3.63, 3.8) is 0 Å². The summed E-state index contributed by atoms with van der Waals surface area (Å²) in [5, 5.41) is 11.2. The smallest absolute Gasteiger partial charge is 0.153 e. The molecule has 1 aromatic rings. The van der Waals surface area contributed by atoms with Crippen LogP contribution in [-0.2, 0) is 0 Å². The second kappa shape index (κ2) is 3.55. The summed E-state index contributed by atoms with van der Waals surface area (Å²) in [6.45, 7) is 2.26. The molecule has 0 radical (unpaired) electrons.